The predicted octanol–water partition coefficient (Wildman–Crippen LogP) is 5.88. The molecule has 0 N–H and O–H groups in total. The molecule has 0 saturated heterocycles. The van der Waals surface area contributed by atoms with E-state index in [2.05, 4.69) is 6.58 Å². The van der Waals surface area contributed by atoms with Gasteiger partial charge in [0.15, 0.2) is 0 Å². The van der Waals surface area contributed by atoms with Crippen LogP contribution in [-0.2, 0) is 21.9 Å². The first-order valence-corrected chi connectivity index (χ1v) is 9.25. The summed E-state index contributed by atoms with van der Waals surface area (Å²) in [5.41, 5.74) is -1.09. The fraction of sp³-hybridized carbons (Fsp3) is 0.250. The smallest absolute Gasteiger partial charge is 0.420 e. The zero-order valence-electron chi connectivity index (χ0n) is 16.0. The molecule has 0 aliphatic rings. The average Bonchev–Trinajstić information content (AvgIpc) is 2.70. The number of thioether (sulfide) groups is 1. The molecule has 0 bridgehead atoms. The maximum atomic E-state index is 13.0. The summed E-state index contributed by atoms with van der Waals surface area (Å²) in [6.45, 7) is 3.80. The Morgan fingerprint density at radius 1 is 1.00 bits per heavy atom. The quantitative estimate of drug-likeness (QED) is 0.290. The van der Waals surface area contributed by atoms with Crippen molar-refractivity contribution in [3.8, 4) is 11.5 Å². The van der Waals surface area contributed by atoms with E-state index in [1.54, 1.807) is 0 Å². The van der Waals surface area contributed by atoms with Gasteiger partial charge in [-0.1, -0.05) is 6.58 Å². The van der Waals surface area contributed by atoms with E-state index in [-0.39, 0.29) is 30.0 Å². The van der Waals surface area contributed by atoms with E-state index >= 15 is 0 Å². The largest absolute Gasteiger partial charge is 0.496 e. The summed E-state index contributed by atoms with van der Waals surface area (Å²) in [5, 5.41) is 0. The molecule has 0 atom stereocenters. The highest BCUT2D eigenvalue weighted by atomic mass is 32.2. The number of hydrogen-bond donors (Lipinski definition) is 0. The van der Waals surface area contributed by atoms with Crippen LogP contribution in [0.2, 0.25) is 0 Å². The van der Waals surface area contributed by atoms with Gasteiger partial charge in [-0.25, -0.2) is 0 Å². The number of methoxy groups -OCH3 is 1. The lowest BCUT2D eigenvalue weighted by atomic mass is 10.2. The second kappa shape index (κ2) is 11.5. The third-order valence-corrected chi connectivity index (χ3v) is 4.68. The third kappa shape index (κ3) is 8.77. The minimum absolute atomic E-state index is 0.0284. The maximum absolute atomic E-state index is 13.0. The number of halogens is 6. The fourth-order valence-electron chi connectivity index (χ4n) is 2.15. The van der Waals surface area contributed by atoms with Crippen LogP contribution < -0.4 is 9.47 Å². The zero-order valence-corrected chi connectivity index (χ0v) is 16.8. The van der Waals surface area contributed by atoms with Gasteiger partial charge >= 0.3 is 18.5 Å². The second-order valence-corrected chi connectivity index (χ2v) is 6.84. The van der Waals surface area contributed by atoms with Gasteiger partial charge in [0.05, 0.1) is 18.2 Å². The molecule has 0 heterocycles. The van der Waals surface area contributed by atoms with Gasteiger partial charge in [-0.2, -0.15) is 35.9 Å². The van der Waals surface area contributed by atoms with Crippen molar-refractivity contribution in [2.24, 2.45) is 0 Å². The minimum Gasteiger partial charge on any atom is -0.496 e. The number of carbonyl (C=O) groups excluding carboxylic acids is 2. The third-order valence-electron chi connectivity index (χ3n) is 3.54. The van der Waals surface area contributed by atoms with Gasteiger partial charge in [-0.3, -0.25) is 0 Å². The molecule has 0 spiro atoms. The first-order valence-electron chi connectivity index (χ1n) is 8.26. The number of alkyl halides is 6. The van der Waals surface area contributed by atoms with Crippen molar-refractivity contribution in [3.63, 3.8) is 0 Å². The van der Waals surface area contributed by atoms with E-state index in [0.29, 0.717) is 10.5 Å². The summed E-state index contributed by atoms with van der Waals surface area (Å²) >= 11 is 1.14. The second-order valence-electron chi connectivity index (χ2n) is 5.79. The zero-order chi connectivity index (χ0) is 23.7. The van der Waals surface area contributed by atoms with Crippen molar-refractivity contribution in [2.45, 2.75) is 17.2 Å². The summed E-state index contributed by atoms with van der Waals surface area (Å²) in [6.07, 6.45) is -8.71. The molecule has 2 aromatic carbocycles. The van der Waals surface area contributed by atoms with E-state index in [4.69, 9.17) is 19.1 Å². The van der Waals surface area contributed by atoms with Gasteiger partial charge in [0.2, 0.25) is 0 Å². The normalized spacial score (nSPS) is 11.1. The summed E-state index contributed by atoms with van der Waals surface area (Å²) in [5.74, 6) is 0.258. The van der Waals surface area contributed by atoms with E-state index < -0.39 is 23.5 Å². The Hall–Kier alpha value is -2.91. The molecule has 31 heavy (non-hydrogen) atoms. The Kier molecular flexibility index (Phi) is 9.67. The van der Waals surface area contributed by atoms with Crippen LogP contribution in [-0.4, -0.2) is 25.6 Å². The molecule has 0 unspecified atom stereocenters. The SMILES string of the molecule is C=C(COc1ccc(C(F)(F)F)cc1)CSc1ccc(OC)c(C(F)(F)F)c1.O=C=O. The Balaban J connectivity index is 0.00000151. The van der Waals surface area contributed by atoms with Crippen LogP contribution in [0.25, 0.3) is 0 Å². The number of benzene rings is 2. The highest BCUT2D eigenvalue weighted by molar-refractivity contribution is 7.99. The lowest BCUT2D eigenvalue weighted by molar-refractivity contribution is -0.191. The molecule has 2 rings (SSSR count). The molecule has 0 aliphatic carbocycles. The molecular weight excluding hydrogens is 450 g/mol. The fourth-order valence-corrected chi connectivity index (χ4v) is 2.97. The van der Waals surface area contributed by atoms with Crippen molar-refractivity contribution in [1.82, 2.24) is 0 Å². The van der Waals surface area contributed by atoms with Gasteiger partial charge < -0.3 is 9.47 Å². The molecule has 0 fully saturated rings. The van der Waals surface area contributed by atoms with Crippen LogP contribution in [0, 0.1) is 0 Å². The van der Waals surface area contributed by atoms with Crippen LogP contribution in [0.1, 0.15) is 11.1 Å². The minimum atomic E-state index is -4.54. The number of rotatable bonds is 7. The first-order chi connectivity index (χ1) is 14.4. The molecular formula is C20H16F6O4S. The molecule has 168 valence electrons. The molecule has 2 aromatic rings. The van der Waals surface area contributed by atoms with Gasteiger partial charge in [0.25, 0.3) is 0 Å². The van der Waals surface area contributed by atoms with E-state index in [9.17, 15) is 26.3 Å². The van der Waals surface area contributed by atoms with Crippen LogP contribution in [0.3, 0.4) is 0 Å². The Morgan fingerprint density at radius 3 is 2.06 bits per heavy atom. The molecule has 0 radical (unpaired) electrons. The van der Waals surface area contributed by atoms with Gasteiger partial charge in [0.1, 0.15) is 18.1 Å². The lowest BCUT2D eigenvalue weighted by Crippen LogP contribution is -2.08. The predicted molar refractivity (Wildman–Crippen MR) is 99.8 cm³/mol. The summed E-state index contributed by atoms with van der Waals surface area (Å²) < 4.78 is 86.7. The summed E-state index contributed by atoms with van der Waals surface area (Å²) in [4.78, 5) is 16.6. The molecule has 4 nitrogen and oxygen atoms in total. The Morgan fingerprint density at radius 2 is 1.58 bits per heavy atom. The van der Waals surface area contributed by atoms with Crippen molar-refractivity contribution in [1.29, 1.82) is 0 Å². The average molecular weight is 466 g/mol. The summed E-state index contributed by atoms with van der Waals surface area (Å²) in [6, 6.07) is 7.94. The van der Waals surface area contributed by atoms with Crippen LogP contribution in [0.4, 0.5) is 26.3 Å². The van der Waals surface area contributed by atoms with Crippen molar-refractivity contribution >= 4 is 17.9 Å². The van der Waals surface area contributed by atoms with E-state index in [1.807, 2.05) is 0 Å². The van der Waals surface area contributed by atoms with Crippen LogP contribution in [0.15, 0.2) is 59.5 Å². The van der Waals surface area contributed by atoms with Crippen molar-refractivity contribution in [2.75, 3.05) is 19.5 Å². The Labute approximate surface area is 177 Å². The van der Waals surface area contributed by atoms with Gasteiger partial charge in [0, 0.05) is 10.6 Å². The maximum Gasteiger partial charge on any atom is 0.420 e. The molecule has 0 aliphatic heterocycles. The van der Waals surface area contributed by atoms with E-state index in [1.165, 1.54) is 24.3 Å². The highest BCUT2D eigenvalue weighted by Gasteiger charge is 2.34. The molecule has 0 saturated carbocycles. The van der Waals surface area contributed by atoms with Gasteiger partial charge in [-0.15, -0.1) is 11.8 Å². The molecule has 0 amide bonds. The topological polar surface area (TPSA) is 52.6 Å². The summed E-state index contributed by atoms with van der Waals surface area (Å²) in [7, 11) is 1.16. The van der Waals surface area contributed by atoms with Gasteiger partial charge in [-0.05, 0) is 48.0 Å². The Bertz CT molecular complexity index is 901. The number of hydrogen-bond acceptors (Lipinski definition) is 5. The first kappa shape index (κ1) is 26.1. The lowest BCUT2D eigenvalue weighted by Gasteiger charge is -2.14. The monoisotopic (exact) mass is 466 g/mol. The number of ether oxygens (including phenoxy) is 2. The van der Waals surface area contributed by atoms with Crippen molar-refractivity contribution in [3.05, 3.63) is 65.7 Å². The molecule has 0 aromatic heterocycles. The van der Waals surface area contributed by atoms with Crippen molar-refractivity contribution < 1.29 is 45.4 Å². The van der Waals surface area contributed by atoms with Crippen LogP contribution in [0.5, 0.6) is 11.5 Å². The van der Waals surface area contributed by atoms with E-state index in [0.717, 1.165) is 37.1 Å². The van der Waals surface area contributed by atoms with Crippen LogP contribution >= 0.6 is 11.8 Å². The standard InChI is InChI=1S/C19H16F6O2S.CO2/c1-12(10-27-14-5-3-13(4-6-14)18(20,21)22)11-28-15-7-8-17(26-2)16(9-15)19(23,24)25;2-1-3/h3-9H,1,10-11H2,2H3;. The molecule has 11 heteroatoms. The highest BCUT2D eigenvalue weighted by Crippen LogP contribution is 2.38.